The Balaban J connectivity index is 2.75. The lowest BCUT2D eigenvalue weighted by Crippen LogP contribution is -2.23. The Hall–Kier alpha value is -2.17. The van der Waals surface area contributed by atoms with E-state index in [2.05, 4.69) is 16.9 Å². The topological polar surface area (TPSA) is 79.3 Å². The highest BCUT2D eigenvalue weighted by atomic mass is 16.4. The maximum atomic E-state index is 11.3. The summed E-state index contributed by atoms with van der Waals surface area (Å²) in [7, 11) is 0. The SMILES string of the molecule is C=CCNC(=O)c1ccc(C(=O)O)nc1. The fraction of sp³-hybridized carbons (Fsp3) is 0.100. The van der Waals surface area contributed by atoms with Crippen LogP contribution in [0.3, 0.4) is 0 Å². The van der Waals surface area contributed by atoms with Gasteiger partial charge in [-0.15, -0.1) is 6.58 Å². The van der Waals surface area contributed by atoms with Crippen LogP contribution in [0.25, 0.3) is 0 Å². The van der Waals surface area contributed by atoms with E-state index in [1.807, 2.05) is 0 Å². The van der Waals surface area contributed by atoms with E-state index in [0.717, 1.165) is 0 Å². The first-order valence-electron chi connectivity index (χ1n) is 4.23. The molecule has 5 nitrogen and oxygen atoms in total. The number of hydrogen-bond donors (Lipinski definition) is 2. The molecule has 0 radical (unpaired) electrons. The molecule has 1 heterocycles. The number of pyridine rings is 1. The van der Waals surface area contributed by atoms with Crippen LogP contribution in [0.4, 0.5) is 0 Å². The largest absolute Gasteiger partial charge is 0.477 e. The molecular formula is C10H10N2O3. The second-order valence-corrected chi connectivity index (χ2v) is 2.74. The molecule has 0 saturated heterocycles. The van der Waals surface area contributed by atoms with Crippen molar-refractivity contribution in [2.75, 3.05) is 6.54 Å². The zero-order chi connectivity index (χ0) is 11.3. The molecular weight excluding hydrogens is 196 g/mol. The zero-order valence-electron chi connectivity index (χ0n) is 7.93. The van der Waals surface area contributed by atoms with E-state index in [0.29, 0.717) is 12.1 Å². The fourth-order valence-corrected chi connectivity index (χ4v) is 0.922. The highest BCUT2D eigenvalue weighted by Gasteiger charge is 2.07. The van der Waals surface area contributed by atoms with Crippen molar-refractivity contribution in [2.45, 2.75) is 0 Å². The first-order valence-corrected chi connectivity index (χ1v) is 4.23. The number of amides is 1. The van der Waals surface area contributed by atoms with Crippen molar-refractivity contribution >= 4 is 11.9 Å². The predicted octanol–water partition coefficient (Wildman–Crippen LogP) is 0.696. The third-order valence-electron chi connectivity index (χ3n) is 1.65. The van der Waals surface area contributed by atoms with Crippen LogP contribution in [0.5, 0.6) is 0 Å². The Bertz CT molecular complexity index is 384. The minimum atomic E-state index is -1.12. The first-order chi connectivity index (χ1) is 7.15. The second-order valence-electron chi connectivity index (χ2n) is 2.74. The summed E-state index contributed by atoms with van der Waals surface area (Å²) >= 11 is 0. The minimum Gasteiger partial charge on any atom is -0.477 e. The van der Waals surface area contributed by atoms with E-state index in [4.69, 9.17) is 5.11 Å². The highest BCUT2D eigenvalue weighted by molar-refractivity contribution is 5.94. The van der Waals surface area contributed by atoms with Gasteiger partial charge in [0.2, 0.25) is 0 Å². The predicted molar refractivity (Wildman–Crippen MR) is 53.7 cm³/mol. The standard InChI is InChI=1S/C10H10N2O3/c1-2-5-11-9(13)7-3-4-8(10(14)15)12-6-7/h2-4,6H,1,5H2,(H,11,13)(H,14,15). The lowest BCUT2D eigenvalue weighted by molar-refractivity contribution is 0.0689. The average molecular weight is 206 g/mol. The molecule has 1 aromatic heterocycles. The first kappa shape index (κ1) is 10.9. The van der Waals surface area contributed by atoms with E-state index in [-0.39, 0.29) is 11.6 Å². The Kier molecular flexibility index (Phi) is 3.56. The number of carbonyl (C=O) groups excluding carboxylic acids is 1. The molecule has 0 fully saturated rings. The number of carboxylic acid groups (broad SMARTS) is 1. The molecule has 15 heavy (non-hydrogen) atoms. The Morgan fingerprint density at radius 1 is 1.53 bits per heavy atom. The van der Waals surface area contributed by atoms with Crippen molar-refractivity contribution in [1.29, 1.82) is 0 Å². The molecule has 5 heteroatoms. The van der Waals surface area contributed by atoms with Crippen LogP contribution in [0.1, 0.15) is 20.8 Å². The molecule has 0 saturated carbocycles. The van der Waals surface area contributed by atoms with Crippen molar-refractivity contribution in [2.24, 2.45) is 0 Å². The summed E-state index contributed by atoms with van der Waals surface area (Å²) in [6.07, 6.45) is 2.78. The Morgan fingerprint density at radius 2 is 2.27 bits per heavy atom. The summed E-state index contributed by atoms with van der Waals surface area (Å²) in [5.41, 5.74) is 0.233. The summed E-state index contributed by atoms with van der Waals surface area (Å²) in [5, 5.41) is 11.1. The van der Waals surface area contributed by atoms with E-state index >= 15 is 0 Å². The second kappa shape index (κ2) is 4.90. The fourth-order valence-electron chi connectivity index (χ4n) is 0.922. The number of hydrogen-bond acceptors (Lipinski definition) is 3. The molecule has 1 rings (SSSR count). The Labute approximate surface area is 86.5 Å². The van der Waals surface area contributed by atoms with E-state index in [1.165, 1.54) is 18.3 Å². The summed E-state index contributed by atoms with van der Waals surface area (Å²) < 4.78 is 0. The van der Waals surface area contributed by atoms with Crippen molar-refractivity contribution in [3.63, 3.8) is 0 Å². The summed E-state index contributed by atoms with van der Waals surface area (Å²) in [6, 6.07) is 2.69. The van der Waals surface area contributed by atoms with Gasteiger partial charge < -0.3 is 10.4 Å². The lowest BCUT2D eigenvalue weighted by Gasteiger charge is -2.01. The molecule has 0 aliphatic rings. The van der Waals surface area contributed by atoms with Crippen LogP contribution < -0.4 is 5.32 Å². The molecule has 0 aliphatic carbocycles. The van der Waals surface area contributed by atoms with Crippen molar-refractivity contribution in [3.05, 3.63) is 42.2 Å². The molecule has 0 spiro atoms. The number of nitrogens with zero attached hydrogens (tertiary/aromatic N) is 1. The van der Waals surface area contributed by atoms with Crippen LogP contribution in [0.2, 0.25) is 0 Å². The molecule has 78 valence electrons. The van der Waals surface area contributed by atoms with E-state index in [9.17, 15) is 9.59 Å². The van der Waals surface area contributed by atoms with Gasteiger partial charge in [0.25, 0.3) is 5.91 Å². The maximum Gasteiger partial charge on any atom is 0.354 e. The zero-order valence-corrected chi connectivity index (χ0v) is 7.93. The molecule has 0 atom stereocenters. The summed E-state index contributed by atoms with van der Waals surface area (Å²) in [4.78, 5) is 25.4. The third-order valence-corrected chi connectivity index (χ3v) is 1.65. The van der Waals surface area contributed by atoms with Crippen molar-refractivity contribution in [1.82, 2.24) is 10.3 Å². The summed E-state index contributed by atoms with van der Waals surface area (Å²) in [5.74, 6) is -1.42. The minimum absolute atomic E-state index is 0.0877. The monoisotopic (exact) mass is 206 g/mol. The van der Waals surface area contributed by atoms with Gasteiger partial charge in [-0.05, 0) is 12.1 Å². The van der Waals surface area contributed by atoms with Crippen molar-refractivity contribution < 1.29 is 14.7 Å². The van der Waals surface area contributed by atoms with Crippen LogP contribution >= 0.6 is 0 Å². The summed E-state index contributed by atoms with van der Waals surface area (Å²) in [6.45, 7) is 3.82. The van der Waals surface area contributed by atoms with Gasteiger partial charge in [0.15, 0.2) is 0 Å². The smallest absolute Gasteiger partial charge is 0.354 e. The Morgan fingerprint density at radius 3 is 2.73 bits per heavy atom. The van der Waals surface area contributed by atoms with Crippen molar-refractivity contribution in [3.8, 4) is 0 Å². The number of carbonyl (C=O) groups is 2. The highest BCUT2D eigenvalue weighted by Crippen LogP contribution is 2.00. The molecule has 1 amide bonds. The molecule has 1 aromatic rings. The maximum absolute atomic E-state index is 11.3. The molecule has 0 bridgehead atoms. The van der Waals surface area contributed by atoms with Gasteiger partial charge in [-0.1, -0.05) is 6.08 Å². The van der Waals surface area contributed by atoms with Gasteiger partial charge >= 0.3 is 5.97 Å². The lowest BCUT2D eigenvalue weighted by atomic mass is 10.2. The van der Waals surface area contributed by atoms with Gasteiger partial charge in [-0.25, -0.2) is 9.78 Å². The van der Waals surface area contributed by atoms with Crippen LogP contribution in [0, 0.1) is 0 Å². The molecule has 0 aromatic carbocycles. The molecule has 0 aliphatic heterocycles. The van der Waals surface area contributed by atoms with Crippen LogP contribution in [0.15, 0.2) is 31.0 Å². The number of nitrogens with one attached hydrogen (secondary N) is 1. The van der Waals surface area contributed by atoms with Gasteiger partial charge in [-0.2, -0.15) is 0 Å². The molecule has 0 unspecified atom stereocenters. The van der Waals surface area contributed by atoms with E-state index < -0.39 is 5.97 Å². The van der Waals surface area contributed by atoms with Crippen LogP contribution in [-0.2, 0) is 0 Å². The number of carboxylic acids is 1. The third kappa shape index (κ3) is 2.91. The number of aromatic carboxylic acids is 1. The van der Waals surface area contributed by atoms with Gasteiger partial charge in [0.05, 0.1) is 5.56 Å². The van der Waals surface area contributed by atoms with Gasteiger partial charge in [0, 0.05) is 12.7 Å². The van der Waals surface area contributed by atoms with Crippen LogP contribution in [-0.4, -0.2) is 28.5 Å². The van der Waals surface area contributed by atoms with Gasteiger partial charge in [-0.3, -0.25) is 4.79 Å². The number of aromatic nitrogens is 1. The van der Waals surface area contributed by atoms with E-state index in [1.54, 1.807) is 6.08 Å². The average Bonchev–Trinajstić information content (AvgIpc) is 2.26. The molecule has 2 N–H and O–H groups in total. The number of rotatable bonds is 4. The normalized spacial score (nSPS) is 9.33. The van der Waals surface area contributed by atoms with Gasteiger partial charge in [0.1, 0.15) is 5.69 Å². The quantitative estimate of drug-likeness (QED) is 0.710.